The second kappa shape index (κ2) is 14.7. The lowest BCUT2D eigenvalue weighted by Crippen LogP contribution is -1.96. The van der Waals surface area contributed by atoms with Gasteiger partial charge in [-0.2, -0.15) is 0 Å². The van der Waals surface area contributed by atoms with Gasteiger partial charge in [0.1, 0.15) is 0 Å². The number of hydrogen-bond acceptors (Lipinski definition) is 5. The summed E-state index contributed by atoms with van der Waals surface area (Å²) >= 11 is 0. The molecule has 9 aromatic rings. The van der Waals surface area contributed by atoms with Crippen molar-refractivity contribution in [1.82, 2.24) is 24.9 Å². The Morgan fingerprint density at radius 2 is 0.704 bits per heavy atom. The van der Waals surface area contributed by atoms with Gasteiger partial charge in [0.25, 0.3) is 0 Å². The molecule has 0 aliphatic carbocycles. The smallest absolute Gasteiger partial charge is 0.160 e. The molecule has 5 heteroatoms. The molecule has 0 bridgehead atoms. The van der Waals surface area contributed by atoms with Gasteiger partial charge in [0.15, 0.2) is 5.82 Å². The molecular weight excluding hydrogens is 659 g/mol. The quantitative estimate of drug-likeness (QED) is 0.159. The van der Waals surface area contributed by atoms with Crippen LogP contribution in [0.1, 0.15) is 0 Å². The van der Waals surface area contributed by atoms with Crippen LogP contribution in [-0.4, -0.2) is 24.9 Å². The summed E-state index contributed by atoms with van der Waals surface area (Å²) in [5.41, 5.74) is 14.6. The van der Waals surface area contributed by atoms with E-state index in [1.165, 1.54) is 0 Å². The van der Waals surface area contributed by atoms with Crippen molar-refractivity contribution in [1.29, 1.82) is 0 Å². The highest BCUT2D eigenvalue weighted by Gasteiger charge is 2.14. The normalized spacial score (nSPS) is 11.0. The molecule has 0 aliphatic heterocycles. The number of hydrogen-bond donors (Lipinski definition) is 0. The van der Waals surface area contributed by atoms with E-state index in [9.17, 15) is 0 Å². The molecule has 5 nitrogen and oxygen atoms in total. The first kappa shape index (κ1) is 32.5. The van der Waals surface area contributed by atoms with Crippen LogP contribution in [0.15, 0.2) is 200 Å². The van der Waals surface area contributed by atoms with Gasteiger partial charge >= 0.3 is 0 Å². The third kappa shape index (κ3) is 6.94. The van der Waals surface area contributed by atoms with E-state index >= 15 is 0 Å². The van der Waals surface area contributed by atoms with Gasteiger partial charge in [0.05, 0.1) is 34.2 Å². The Balaban J connectivity index is 1.04. The number of rotatable bonds is 8. The predicted molar refractivity (Wildman–Crippen MR) is 219 cm³/mol. The maximum Gasteiger partial charge on any atom is 0.160 e. The van der Waals surface area contributed by atoms with Crippen molar-refractivity contribution >= 4 is 0 Å². The zero-order valence-electron chi connectivity index (χ0n) is 29.3. The van der Waals surface area contributed by atoms with E-state index in [-0.39, 0.29) is 0 Å². The molecule has 0 radical (unpaired) electrons. The Bertz CT molecular complexity index is 2560. The van der Waals surface area contributed by atoms with Crippen molar-refractivity contribution in [2.24, 2.45) is 0 Å². The maximum atomic E-state index is 5.04. The van der Waals surface area contributed by atoms with Crippen molar-refractivity contribution in [2.75, 3.05) is 0 Å². The fraction of sp³-hybridized carbons (Fsp3) is 0. The summed E-state index contributed by atoms with van der Waals surface area (Å²) in [7, 11) is 0. The summed E-state index contributed by atoms with van der Waals surface area (Å²) in [6.45, 7) is 0. The Hall–Kier alpha value is -7.37. The lowest BCUT2D eigenvalue weighted by atomic mass is 9.97. The summed E-state index contributed by atoms with van der Waals surface area (Å²) in [5, 5.41) is 0. The van der Waals surface area contributed by atoms with Gasteiger partial charge in [-0.25, -0.2) is 15.0 Å². The van der Waals surface area contributed by atoms with Crippen molar-refractivity contribution in [3.63, 3.8) is 0 Å². The van der Waals surface area contributed by atoms with E-state index in [1.807, 2.05) is 85.1 Å². The number of pyridine rings is 3. The fourth-order valence-electron chi connectivity index (χ4n) is 6.63. The molecule has 0 spiro atoms. The molecule has 4 aromatic heterocycles. The van der Waals surface area contributed by atoms with Crippen LogP contribution in [-0.2, 0) is 0 Å². The molecule has 0 atom stereocenters. The predicted octanol–water partition coefficient (Wildman–Crippen LogP) is 12.0. The molecule has 254 valence electrons. The summed E-state index contributed by atoms with van der Waals surface area (Å²) in [6.07, 6.45) is 3.65. The number of benzene rings is 5. The van der Waals surface area contributed by atoms with Gasteiger partial charge in [0.2, 0.25) is 0 Å². The zero-order chi connectivity index (χ0) is 36.1. The van der Waals surface area contributed by atoms with Crippen LogP contribution in [0.25, 0.3) is 90.1 Å². The molecule has 9 rings (SSSR count). The van der Waals surface area contributed by atoms with E-state index in [1.54, 1.807) is 6.20 Å². The molecule has 5 aromatic carbocycles. The van der Waals surface area contributed by atoms with Crippen LogP contribution in [0.2, 0.25) is 0 Å². The second-order valence-electron chi connectivity index (χ2n) is 13.0. The SMILES string of the molecule is c1ccc(-c2cc(-c3ccccn3)nc(-c3cc(-c4cccc(-c5ccc(-c6nc(-c7ccccc7)cc(-c7ccccc7)n6)cc5)c4)ccn3)c2)cc1. The highest BCUT2D eigenvalue weighted by molar-refractivity contribution is 5.79. The number of aromatic nitrogens is 5. The molecule has 54 heavy (non-hydrogen) atoms. The average Bonchev–Trinajstić information content (AvgIpc) is 3.27. The topological polar surface area (TPSA) is 64.5 Å². The lowest BCUT2D eigenvalue weighted by Gasteiger charge is -2.11. The van der Waals surface area contributed by atoms with Crippen molar-refractivity contribution in [2.45, 2.75) is 0 Å². The van der Waals surface area contributed by atoms with Gasteiger partial charge in [0, 0.05) is 29.1 Å². The molecule has 0 amide bonds. The molecule has 0 aliphatic rings. The second-order valence-corrected chi connectivity index (χ2v) is 13.0. The van der Waals surface area contributed by atoms with Crippen LogP contribution >= 0.6 is 0 Å². The summed E-state index contributed by atoms with van der Waals surface area (Å²) < 4.78 is 0. The van der Waals surface area contributed by atoms with Gasteiger partial charge in [-0.1, -0.05) is 140 Å². The van der Waals surface area contributed by atoms with E-state index < -0.39 is 0 Å². The first-order chi connectivity index (χ1) is 26.7. The minimum absolute atomic E-state index is 0.691. The van der Waals surface area contributed by atoms with Crippen molar-refractivity contribution in [3.8, 4) is 90.1 Å². The fourth-order valence-corrected chi connectivity index (χ4v) is 6.63. The molecule has 0 unspecified atom stereocenters. The average molecular weight is 692 g/mol. The van der Waals surface area contributed by atoms with Crippen LogP contribution in [0.4, 0.5) is 0 Å². The minimum atomic E-state index is 0.691. The summed E-state index contributed by atoms with van der Waals surface area (Å²) in [4.78, 5) is 24.4. The Morgan fingerprint density at radius 1 is 0.222 bits per heavy atom. The van der Waals surface area contributed by atoms with Crippen LogP contribution in [0.5, 0.6) is 0 Å². The molecule has 0 saturated heterocycles. The molecule has 4 heterocycles. The minimum Gasteiger partial charge on any atom is -0.255 e. The monoisotopic (exact) mass is 691 g/mol. The summed E-state index contributed by atoms with van der Waals surface area (Å²) in [5.74, 6) is 0.691. The molecule has 0 fully saturated rings. The first-order valence-electron chi connectivity index (χ1n) is 17.9. The summed E-state index contributed by atoms with van der Waals surface area (Å²) in [6, 6.07) is 64.3. The first-order valence-corrected chi connectivity index (χ1v) is 17.9. The highest BCUT2D eigenvalue weighted by atomic mass is 14.9. The maximum absolute atomic E-state index is 5.04. The largest absolute Gasteiger partial charge is 0.255 e. The third-order valence-corrected chi connectivity index (χ3v) is 9.42. The Kier molecular flexibility index (Phi) is 8.86. The molecule has 0 N–H and O–H groups in total. The number of nitrogens with zero attached hydrogens (tertiary/aromatic N) is 5. The highest BCUT2D eigenvalue weighted by Crippen LogP contribution is 2.33. The van der Waals surface area contributed by atoms with E-state index in [0.29, 0.717) is 5.82 Å². The van der Waals surface area contributed by atoms with Gasteiger partial charge in [-0.3, -0.25) is 9.97 Å². The standard InChI is InChI=1S/C49H33N5/c1-4-13-34(14-5-1)42-31-47(43-21-10-11-27-50-43)52-48(32-42)46-30-41(26-28-51-46)40-20-12-19-39(29-40)35-22-24-38(25-23-35)49-53-44(36-15-6-2-7-16-36)33-45(54-49)37-17-8-3-9-18-37/h1-33H. The third-order valence-electron chi connectivity index (χ3n) is 9.42. The van der Waals surface area contributed by atoms with Gasteiger partial charge < -0.3 is 0 Å². The zero-order valence-corrected chi connectivity index (χ0v) is 29.3. The van der Waals surface area contributed by atoms with Crippen LogP contribution in [0.3, 0.4) is 0 Å². The molecular formula is C49H33N5. The van der Waals surface area contributed by atoms with Crippen LogP contribution < -0.4 is 0 Å². The van der Waals surface area contributed by atoms with Gasteiger partial charge in [-0.15, -0.1) is 0 Å². The lowest BCUT2D eigenvalue weighted by molar-refractivity contribution is 1.18. The van der Waals surface area contributed by atoms with Gasteiger partial charge in [-0.05, 0) is 81.9 Å². The van der Waals surface area contributed by atoms with E-state index in [2.05, 4.69) is 114 Å². The van der Waals surface area contributed by atoms with Crippen molar-refractivity contribution < 1.29 is 0 Å². The molecule has 0 saturated carbocycles. The van der Waals surface area contributed by atoms with Crippen molar-refractivity contribution in [3.05, 3.63) is 200 Å². The Morgan fingerprint density at radius 3 is 1.33 bits per heavy atom. The van der Waals surface area contributed by atoms with Crippen LogP contribution in [0, 0.1) is 0 Å². The Labute approximate surface area is 314 Å². The van der Waals surface area contributed by atoms with E-state index in [4.69, 9.17) is 19.9 Å². The van der Waals surface area contributed by atoms with E-state index in [0.717, 1.165) is 84.2 Å².